The van der Waals surface area contributed by atoms with Gasteiger partial charge in [0, 0.05) is 16.7 Å². The molecule has 170 valence electrons. The van der Waals surface area contributed by atoms with Crippen LogP contribution in [0.15, 0.2) is 97.1 Å². The van der Waals surface area contributed by atoms with Gasteiger partial charge in [-0.25, -0.2) is 9.59 Å². The predicted molar refractivity (Wildman–Crippen MR) is 138 cm³/mol. The molecular formula is C30H26O4. The highest BCUT2D eigenvalue weighted by Gasteiger charge is 2.08. The van der Waals surface area contributed by atoms with Crippen LogP contribution in [-0.4, -0.2) is 11.9 Å². The van der Waals surface area contributed by atoms with Crippen molar-refractivity contribution < 1.29 is 19.1 Å². The highest BCUT2D eigenvalue weighted by Crippen LogP contribution is 2.22. The zero-order chi connectivity index (χ0) is 24.5. The number of hydrogen-bond acceptors (Lipinski definition) is 4. The summed E-state index contributed by atoms with van der Waals surface area (Å²) in [6.45, 7) is 10.4. The van der Waals surface area contributed by atoms with Crippen molar-refractivity contribution in [2.24, 2.45) is 0 Å². The fourth-order valence-corrected chi connectivity index (χ4v) is 2.87. The summed E-state index contributed by atoms with van der Waals surface area (Å²) in [7, 11) is 0. The van der Waals surface area contributed by atoms with E-state index in [-0.39, 0.29) is 0 Å². The SMILES string of the molecule is C=C(C)C(=O)Oc1cccc(C=Cc2ccc(C=Cc3ccccc3OC(=O)C(=C)C)cc2)c1. The number of ether oxygens (including phenoxy) is 2. The van der Waals surface area contributed by atoms with Gasteiger partial charge in [0.15, 0.2) is 0 Å². The molecule has 4 heteroatoms. The van der Waals surface area contributed by atoms with Crippen molar-refractivity contribution >= 4 is 36.2 Å². The molecule has 0 aliphatic heterocycles. The zero-order valence-electron chi connectivity index (χ0n) is 19.3. The smallest absolute Gasteiger partial charge is 0.338 e. The lowest BCUT2D eigenvalue weighted by Crippen LogP contribution is -2.08. The molecule has 4 nitrogen and oxygen atoms in total. The predicted octanol–water partition coefficient (Wildman–Crippen LogP) is 6.99. The van der Waals surface area contributed by atoms with Crippen LogP contribution in [0.25, 0.3) is 24.3 Å². The van der Waals surface area contributed by atoms with Crippen LogP contribution in [0, 0.1) is 0 Å². The third kappa shape index (κ3) is 7.04. The Labute approximate surface area is 200 Å². The molecule has 3 aromatic carbocycles. The Hall–Kier alpha value is -4.44. The summed E-state index contributed by atoms with van der Waals surface area (Å²) < 4.78 is 10.7. The monoisotopic (exact) mass is 450 g/mol. The van der Waals surface area contributed by atoms with Crippen LogP contribution >= 0.6 is 0 Å². The van der Waals surface area contributed by atoms with E-state index in [0.717, 1.165) is 22.3 Å². The molecule has 0 amide bonds. The van der Waals surface area contributed by atoms with Crippen LogP contribution in [0.1, 0.15) is 36.1 Å². The van der Waals surface area contributed by atoms with E-state index in [1.807, 2.05) is 78.9 Å². The van der Waals surface area contributed by atoms with Gasteiger partial charge >= 0.3 is 11.9 Å². The van der Waals surface area contributed by atoms with Crippen molar-refractivity contribution in [1.82, 2.24) is 0 Å². The van der Waals surface area contributed by atoms with Gasteiger partial charge in [-0.05, 0) is 48.7 Å². The molecule has 0 N–H and O–H groups in total. The largest absolute Gasteiger partial charge is 0.423 e. The maximum Gasteiger partial charge on any atom is 0.338 e. The fraction of sp³-hybridized carbons (Fsp3) is 0.0667. The first-order valence-electron chi connectivity index (χ1n) is 10.7. The molecule has 0 fully saturated rings. The molecule has 0 atom stereocenters. The number of carbonyl (C=O) groups excluding carboxylic acids is 2. The fourth-order valence-electron chi connectivity index (χ4n) is 2.87. The normalized spacial score (nSPS) is 10.9. The van der Waals surface area contributed by atoms with Gasteiger partial charge in [-0.3, -0.25) is 0 Å². The summed E-state index contributed by atoms with van der Waals surface area (Å²) in [6.07, 6.45) is 7.80. The summed E-state index contributed by atoms with van der Waals surface area (Å²) in [6, 6.07) is 22.7. The Morgan fingerprint density at radius 2 is 1.21 bits per heavy atom. The second-order valence-corrected chi connectivity index (χ2v) is 7.78. The molecule has 0 saturated carbocycles. The minimum Gasteiger partial charge on any atom is -0.423 e. The van der Waals surface area contributed by atoms with E-state index in [2.05, 4.69) is 13.2 Å². The topological polar surface area (TPSA) is 52.6 Å². The summed E-state index contributed by atoms with van der Waals surface area (Å²) in [5.74, 6) is 0.0743. The van der Waals surface area contributed by atoms with Crippen LogP contribution in [-0.2, 0) is 9.59 Å². The van der Waals surface area contributed by atoms with E-state index < -0.39 is 11.9 Å². The first-order valence-corrected chi connectivity index (χ1v) is 10.7. The molecular weight excluding hydrogens is 424 g/mol. The lowest BCUT2D eigenvalue weighted by atomic mass is 10.1. The molecule has 0 unspecified atom stereocenters. The number of rotatable bonds is 8. The lowest BCUT2D eigenvalue weighted by Gasteiger charge is -2.07. The van der Waals surface area contributed by atoms with Crippen molar-refractivity contribution in [2.45, 2.75) is 13.8 Å². The highest BCUT2D eigenvalue weighted by molar-refractivity contribution is 5.90. The molecule has 0 bridgehead atoms. The molecule has 34 heavy (non-hydrogen) atoms. The molecule has 3 aromatic rings. The maximum atomic E-state index is 11.9. The average Bonchev–Trinajstić information content (AvgIpc) is 2.83. The second kappa shape index (κ2) is 11.4. The molecule has 0 aromatic heterocycles. The van der Waals surface area contributed by atoms with Crippen LogP contribution in [0.4, 0.5) is 0 Å². The Kier molecular flexibility index (Phi) is 8.14. The molecule has 0 aliphatic carbocycles. The maximum absolute atomic E-state index is 11.9. The summed E-state index contributed by atoms with van der Waals surface area (Å²) in [5, 5.41) is 0. The summed E-state index contributed by atoms with van der Waals surface area (Å²) in [4.78, 5) is 23.6. The van der Waals surface area contributed by atoms with Crippen molar-refractivity contribution in [1.29, 1.82) is 0 Å². The Morgan fingerprint density at radius 3 is 1.85 bits per heavy atom. The number of hydrogen-bond donors (Lipinski definition) is 0. The first kappa shape index (κ1) is 24.2. The van der Waals surface area contributed by atoms with Gasteiger partial charge in [-0.2, -0.15) is 0 Å². The quantitative estimate of drug-likeness (QED) is 0.161. The lowest BCUT2D eigenvalue weighted by molar-refractivity contribution is -0.130. The van der Waals surface area contributed by atoms with Gasteiger partial charge in [-0.15, -0.1) is 0 Å². The van der Waals surface area contributed by atoms with E-state index >= 15 is 0 Å². The molecule has 0 saturated heterocycles. The van der Waals surface area contributed by atoms with Crippen LogP contribution in [0.3, 0.4) is 0 Å². The van der Waals surface area contributed by atoms with E-state index in [0.29, 0.717) is 22.6 Å². The minimum atomic E-state index is -0.448. The van der Waals surface area contributed by atoms with Gasteiger partial charge in [0.25, 0.3) is 0 Å². The van der Waals surface area contributed by atoms with E-state index in [9.17, 15) is 9.59 Å². The number of esters is 2. The third-order valence-electron chi connectivity index (χ3n) is 4.75. The van der Waals surface area contributed by atoms with Gasteiger partial charge in [0.2, 0.25) is 0 Å². The van der Waals surface area contributed by atoms with Crippen molar-refractivity contribution in [3.05, 3.63) is 119 Å². The van der Waals surface area contributed by atoms with E-state index in [1.165, 1.54) is 0 Å². The van der Waals surface area contributed by atoms with Gasteiger partial charge in [0.1, 0.15) is 11.5 Å². The second-order valence-electron chi connectivity index (χ2n) is 7.78. The van der Waals surface area contributed by atoms with Crippen LogP contribution < -0.4 is 9.47 Å². The highest BCUT2D eigenvalue weighted by atomic mass is 16.5. The standard InChI is InChI=1S/C30H26O4/c1-21(2)29(31)33-27-10-7-8-25(20-27)17-16-23-12-14-24(15-13-23)18-19-26-9-5-6-11-28(26)34-30(32)22(3)4/h5-20H,1,3H2,2,4H3. The van der Waals surface area contributed by atoms with Crippen molar-refractivity contribution in [3.63, 3.8) is 0 Å². The molecule has 0 heterocycles. The molecule has 0 spiro atoms. The van der Waals surface area contributed by atoms with Gasteiger partial charge in [0.05, 0.1) is 0 Å². The van der Waals surface area contributed by atoms with Crippen molar-refractivity contribution in [3.8, 4) is 11.5 Å². The molecule has 0 radical (unpaired) electrons. The van der Waals surface area contributed by atoms with Gasteiger partial charge in [-0.1, -0.05) is 92.1 Å². The summed E-state index contributed by atoms with van der Waals surface area (Å²) in [5.41, 5.74) is 4.45. The van der Waals surface area contributed by atoms with Crippen LogP contribution in [0.2, 0.25) is 0 Å². The van der Waals surface area contributed by atoms with Gasteiger partial charge < -0.3 is 9.47 Å². The van der Waals surface area contributed by atoms with E-state index in [1.54, 1.807) is 32.0 Å². The number of carbonyl (C=O) groups is 2. The van der Waals surface area contributed by atoms with Crippen molar-refractivity contribution in [2.75, 3.05) is 0 Å². The number of para-hydroxylation sites is 1. The van der Waals surface area contributed by atoms with E-state index in [4.69, 9.17) is 9.47 Å². The Morgan fingerprint density at radius 1 is 0.647 bits per heavy atom. The van der Waals surface area contributed by atoms with Crippen LogP contribution in [0.5, 0.6) is 11.5 Å². The molecule has 3 rings (SSSR count). The minimum absolute atomic E-state index is 0.349. The average molecular weight is 451 g/mol. The number of benzene rings is 3. The third-order valence-corrected chi connectivity index (χ3v) is 4.75. The summed E-state index contributed by atoms with van der Waals surface area (Å²) >= 11 is 0. The Balaban J connectivity index is 1.67. The zero-order valence-corrected chi connectivity index (χ0v) is 19.3. The Bertz CT molecular complexity index is 1280. The first-order chi connectivity index (χ1) is 16.3. The molecule has 0 aliphatic rings.